The van der Waals surface area contributed by atoms with Crippen LogP contribution in [0.3, 0.4) is 0 Å². The molecule has 1 aliphatic heterocycles. The maximum Gasteiger partial charge on any atom is 0.415 e. The topological polar surface area (TPSA) is 81.7 Å². The molecule has 1 fully saturated rings. The van der Waals surface area contributed by atoms with Crippen molar-refractivity contribution in [3.05, 3.63) is 65.7 Å². The van der Waals surface area contributed by atoms with Crippen molar-refractivity contribution in [3.8, 4) is 5.75 Å². The highest BCUT2D eigenvalue weighted by Crippen LogP contribution is 2.31. The Morgan fingerprint density at radius 1 is 1.07 bits per heavy atom. The third kappa shape index (κ3) is 4.53. The standard InChI is InChI=1S/C21H21NO5/c1-13(2)12-17(18-20(24)27-21(25)22-18)14-8-10-16(11-9-14)26-19(23)15-6-4-3-5-7-15/h3-11,13,17-18H,12H2,1-2H3,(H,22,25). The number of carbonyl (C=O) groups excluding carboxylic acids is 3. The second-order valence-corrected chi connectivity index (χ2v) is 6.89. The predicted molar refractivity (Wildman–Crippen MR) is 98.5 cm³/mol. The summed E-state index contributed by atoms with van der Waals surface area (Å²) in [5, 5.41) is 2.58. The van der Waals surface area contributed by atoms with Crippen LogP contribution in [0.15, 0.2) is 54.6 Å². The van der Waals surface area contributed by atoms with Gasteiger partial charge in [-0.3, -0.25) is 0 Å². The Bertz CT molecular complexity index is 829. The van der Waals surface area contributed by atoms with E-state index in [0.717, 1.165) is 5.56 Å². The number of alkyl carbamates (subject to hydrolysis) is 1. The van der Waals surface area contributed by atoms with Gasteiger partial charge in [-0.1, -0.05) is 44.2 Å². The number of esters is 2. The smallest absolute Gasteiger partial charge is 0.415 e. The lowest BCUT2D eigenvalue weighted by atomic mass is 9.84. The fraction of sp³-hybridized carbons (Fsp3) is 0.286. The van der Waals surface area contributed by atoms with Gasteiger partial charge in [0.15, 0.2) is 0 Å². The highest BCUT2D eigenvalue weighted by atomic mass is 16.6. The molecule has 2 aromatic carbocycles. The molecule has 6 nitrogen and oxygen atoms in total. The molecular formula is C21H21NO5. The van der Waals surface area contributed by atoms with Crippen molar-refractivity contribution in [2.24, 2.45) is 5.92 Å². The summed E-state index contributed by atoms with van der Waals surface area (Å²) in [4.78, 5) is 35.5. The molecule has 140 valence electrons. The highest BCUT2D eigenvalue weighted by Gasteiger charge is 2.39. The predicted octanol–water partition coefficient (Wildman–Crippen LogP) is 3.67. The van der Waals surface area contributed by atoms with E-state index in [-0.39, 0.29) is 5.92 Å². The number of amides is 1. The molecule has 1 aliphatic rings. The second kappa shape index (κ2) is 8.03. The van der Waals surface area contributed by atoms with Crippen LogP contribution in [-0.4, -0.2) is 24.1 Å². The zero-order valence-corrected chi connectivity index (χ0v) is 15.2. The van der Waals surface area contributed by atoms with Crippen LogP contribution in [0.25, 0.3) is 0 Å². The van der Waals surface area contributed by atoms with E-state index in [4.69, 9.17) is 4.74 Å². The summed E-state index contributed by atoms with van der Waals surface area (Å²) in [6.07, 6.45) is -0.0180. The number of nitrogens with one attached hydrogen (secondary N) is 1. The number of ether oxygens (including phenoxy) is 2. The van der Waals surface area contributed by atoms with Crippen LogP contribution in [0.5, 0.6) is 5.75 Å². The number of rotatable bonds is 6. The van der Waals surface area contributed by atoms with Crippen molar-refractivity contribution in [2.75, 3.05) is 0 Å². The zero-order valence-electron chi connectivity index (χ0n) is 15.2. The SMILES string of the molecule is CC(C)CC(c1ccc(OC(=O)c2ccccc2)cc1)C1NC(=O)OC1=O. The van der Waals surface area contributed by atoms with E-state index < -0.39 is 24.1 Å². The minimum atomic E-state index is -0.716. The van der Waals surface area contributed by atoms with E-state index in [9.17, 15) is 14.4 Å². The summed E-state index contributed by atoms with van der Waals surface area (Å²) in [5.74, 6) is -0.494. The minimum Gasteiger partial charge on any atom is -0.423 e. The Morgan fingerprint density at radius 2 is 1.74 bits per heavy atom. The quantitative estimate of drug-likeness (QED) is 0.479. The molecule has 0 saturated carbocycles. The van der Waals surface area contributed by atoms with Crippen molar-refractivity contribution in [3.63, 3.8) is 0 Å². The first-order chi connectivity index (χ1) is 12.9. The van der Waals surface area contributed by atoms with E-state index in [1.807, 2.05) is 19.9 Å². The lowest BCUT2D eigenvalue weighted by molar-refractivity contribution is -0.135. The van der Waals surface area contributed by atoms with Gasteiger partial charge >= 0.3 is 18.0 Å². The molecule has 0 spiro atoms. The largest absolute Gasteiger partial charge is 0.423 e. The molecule has 1 N–H and O–H groups in total. The van der Waals surface area contributed by atoms with Gasteiger partial charge in [-0.15, -0.1) is 0 Å². The molecule has 1 heterocycles. The first-order valence-electron chi connectivity index (χ1n) is 8.83. The van der Waals surface area contributed by atoms with Crippen LogP contribution in [-0.2, 0) is 9.53 Å². The van der Waals surface area contributed by atoms with Gasteiger partial charge in [0, 0.05) is 5.92 Å². The van der Waals surface area contributed by atoms with Crippen LogP contribution in [0, 0.1) is 5.92 Å². The number of carbonyl (C=O) groups is 3. The molecule has 0 aromatic heterocycles. The van der Waals surface area contributed by atoms with Crippen LogP contribution >= 0.6 is 0 Å². The molecule has 27 heavy (non-hydrogen) atoms. The Labute approximate surface area is 157 Å². The normalized spacial score (nSPS) is 17.4. The molecule has 3 rings (SSSR count). The van der Waals surface area contributed by atoms with Crippen LogP contribution < -0.4 is 10.1 Å². The van der Waals surface area contributed by atoms with E-state index in [1.54, 1.807) is 48.5 Å². The maximum absolute atomic E-state index is 12.1. The van der Waals surface area contributed by atoms with Crippen molar-refractivity contribution in [2.45, 2.75) is 32.2 Å². The van der Waals surface area contributed by atoms with Crippen molar-refractivity contribution in [1.29, 1.82) is 0 Å². The van der Waals surface area contributed by atoms with E-state index in [2.05, 4.69) is 10.1 Å². The fourth-order valence-corrected chi connectivity index (χ4v) is 3.13. The Morgan fingerprint density at radius 3 is 2.30 bits per heavy atom. The molecular weight excluding hydrogens is 346 g/mol. The third-order valence-corrected chi connectivity index (χ3v) is 4.38. The van der Waals surface area contributed by atoms with Gasteiger partial charge in [-0.25, -0.2) is 14.4 Å². The van der Waals surface area contributed by atoms with E-state index >= 15 is 0 Å². The van der Waals surface area contributed by atoms with E-state index in [1.165, 1.54) is 0 Å². The summed E-state index contributed by atoms with van der Waals surface area (Å²) in [6.45, 7) is 4.09. The van der Waals surface area contributed by atoms with Crippen molar-refractivity contribution >= 4 is 18.0 Å². The zero-order chi connectivity index (χ0) is 19.4. The van der Waals surface area contributed by atoms with Gasteiger partial charge in [-0.05, 0) is 42.2 Å². The minimum absolute atomic E-state index is 0.220. The number of cyclic esters (lactones) is 2. The van der Waals surface area contributed by atoms with Crippen molar-refractivity contribution in [1.82, 2.24) is 5.32 Å². The third-order valence-electron chi connectivity index (χ3n) is 4.38. The second-order valence-electron chi connectivity index (χ2n) is 6.89. The summed E-state index contributed by atoms with van der Waals surface area (Å²) < 4.78 is 10.0. The first-order valence-corrected chi connectivity index (χ1v) is 8.83. The highest BCUT2D eigenvalue weighted by molar-refractivity contribution is 5.96. The monoisotopic (exact) mass is 367 g/mol. The van der Waals surface area contributed by atoms with Gasteiger partial charge in [0.2, 0.25) is 0 Å². The van der Waals surface area contributed by atoms with Gasteiger partial charge in [0.05, 0.1) is 5.56 Å². The van der Waals surface area contributed by atoms with Crippen LogP contribution in [0.4, 0.5) is 4.79 Å². The molecule has 2 unspecified atom stereocenters. The Hall–Kier alpha value is -3.15. The molecule has 2 atom stereocenters. The number of benzene rings is 2. The molecule has 0 aliphatic carbocycles. The van der Waals surface area contributed by atoms with Crippen molar-refractivity contribution < 1.29 is 23.9 Å². The average molecular weight is 367 g/mol. The van der Waals surface area contributed by atoms with Gasteiger partial charge in [0.1, 0.15) is 11.8 Å². The summed E-state index contributed by atoms with van der Waals surface area (Å²) >= 11 is 0. The first kappa shape index (κ1) is 18.6. The van der Waals surface area contributed by atoms with E-state index in [0.29, 0.717) is 23.7 Å². The molecule has 2 aromatic rings. The summed E-state index contributed by atoms with van der Waals surface area (Å²) in [6, 6.07) is 15.0. The average Bonchev–Trinajstić information content (AvgIpc) is 2.99. The summed E-state index contributed by atoms with van der Waals surface area (Å²) in [5.41, 5.74) is 1.34. The van der Waals surface area contributed by atoms with Crippen LogP contribution in [0.1, 0.15) is 42.1 Å². The van der Waals surface area contributed by atoms with Gasteiger partial charge < -0.3 is 14.8 Å². The Balaban J connectivity index is 1.76. The molecule has 0 bridgehead atoms. The van der Waals surface area contributed by atoms with Gasteiger partial charge in [-0.2, -0.15) is 0 Å². The summed E-state index contributed by atoms with van der Waals surface area (Å²) in [7, 11) is 0. The number of hydrogen-bond acceptors (Lipinski definition) is 5. The molecule has 1 saturated heterocycles. The lowest BCUT2D eigenvalue weighted by Crippen LogP contribution is -2.35. The number of hydrogen-bond donors (Lipinski definition) is 1. The molecule has 1 amide bonds. The Kier molecular flexibility index (Phi) is 5.54. The maximum atomic E-state index is 12.1. The molecule has 0 radical (unpaired) electrons. The molecule has 6 heteroatoms. The van der Waals surface area contributed by atoms with Crippen LogP contribution in [0.2, 0.25) is 0 Å². The van der Waals surface area contributed by atoms with Gasteiger partial charge in [0.25, 0.3) is 0 Å². The fourth-order valence-electron chi connectivity index (χ4n) is 3.13. The lowest BCUT2D eigenvalue weighted by Gasteiger charge is -2.23.